The number of hydrogen-bond acceptors (Lipinski definition) is 5. The zero-order chi connectivity index (χ0) is 15.2. The maximum absolute atomic E-state index is 8.83. The van der Waals surface area contributed by atoms with Crippen LogP contribution in [0.3, 0.4) is 0 Å². The number of benzene rings is 1. The highest BCUT2D eigenvalue weighted by molar-refractivity contribution is 5.31. The minimum absolute atomic E-state index is 0.365. The Hall–Kier alpha value is -2.19. The molecule has 0 radical (unpaired) electrons. The van der Waals surface area contributed by atoms with Crippen LogP contribution in [0.2, 0.25) is 0 Å². The van der Waals surface area contributed by atoms with Crippen molar-refractivity contribution in [3.63, 3.8) is 0 Å². The highest BCUT2D eigenvalue weighted by atomic mass is 16.5. The van der Waals surface area contributed by atoms with Crippen LogP contribution >= 0.6 is 0 Å². The van der Waals surface area contributed by atoms with Gasteiger partial charge in [-0.15, -0.1) is 0 Å². The van der Waals surface area contributed by atoms with Crippen LogP contribution in [0.5, 0.6) is 0 Å². The van der Waals surface area contributed by atoms with Crippen molar-refractivity contribution in [1.29, 1.82) is 5.26 Å². The second-order valence-corrected chi connectivity index (χ2v) is 5.27. The van der Waals surface area contributed by atoms with Gasteiger partial charge in [-0.25, -0.2) is 0 Å². The Morgan fingerprint density at radius 1 is 1.24 bits per heavy atom. The van der Waals surface area contributed by atoms with Gasteiger partial charge in [0.2, 0.25) is 5.89 Å². The van der Waals surface area contributed by atoms with E-state index in [0.717, 1.165) is 13.0 Å². The summed E-state index contributed by atoms with van der Waals surface area (Å²) in [6, 6.07) is 10.2. The maximum atomic E-state index is 8.83. The summed E-state index contributed by atoms with van der Waals surface area (Å²) in [6.45, 7) is 7.73. The molecule has 0 atom stereocenters. The molecule has 1 heterocycles. The predicted octanol–water partition coefficient (Wildman–Crippen LogP) is 2.91. The Morgan fingerprint density at radius 2 is 1.95 bits per heavy atom. The summed E-state index contributed by atoms with van der Waals surface area (Å²) in [5.74, 6) is 1.39. The van der Waals surface area contributed by atoms with Crippen LogP contribution in [0.25, 0.3) is 0 Å². The Bertz CT molecular complexity index is 610. The molecule has 0 saturated carbocycles. The lowest BCUT2D eigenvalue weighted by atomic mass is 10.1. The minimum atomic E-state index is 0.365. The van der Waals surface area contributed by atoms with Gasteiger partial charge in [-0.05, 0) is 31.5 Å². The van der Waals surface area contributed by atoms with Gasteiger partial charge in [0.05, 0.1) is 18.2 Å². The second-order valence-electron chi connectivity index (χ2n) is 5.27. The van der Waals surface area contributed by atoms with Gasteiger partial charge in [-0.3, -0.25) is 4.90 Å². The third kappa shape index (κ3) is 4.14. The second kappa shape index (κ2) is 7.00. The molecule has 0 unspecified atom stereocenters. The third-order valence-corrected chi connectivity index (χ3v) is 3.36. The first-order chi connectivity index (χ1) is 10.1. The molecule has 0 aliphatic rings. The van der Waals surface area contributed by atoms with E-state index in [1.807, 2.05) is 31.2 Å². The number of aromatic nitrogens is 2. The van der Waals surface area contributed by atoms with E-state index in [1.54, 1.807) is 0 Å². The van der Waals surface area contributed by atoms with Gasteiger partial charge in [0.25, 0.3) is 0 Å². The van der Waals surface area contributed by atoms with E-state index in [1.165, 1.54) is 5.56 Å². The number of aryl methyl sites for hydroxylation is 1. The molecule has 1 aromatic carbocycles. The molecular formula is C16H20N4O. The van der Waals surface area contributed by atoms with Gasteiger partial charge in [-0.2, -0.15) is 10.2 Å². The van der Waals surface area contributed by atoms with E-state index in [0.29, 0.717) is 29.9 Å². The maximum Gasteiger partial charge on any atom is 0.226 e. The van der Waals surface area contributed by atoms with Gasteiger partial charge >= 0.3 is 0 Å². The van der Waals surface area contributed by atoms with Crippen LogP contribution in [-0.4, -0.2) is 21.1 Å². The molecule has 110 valence electrons. The average Bonchev–Trinajstić information content (AvgIpc) is 2.95. The first-order valence-electron chi connectivity index (χ1n) is 7.17. The average molecular weight is 284 g/mol. The molecule has 0 fully saturated rings. The standard InChI is InChI=1S/C16H20N4O/c1-4-16-18-15(19-21-16)11-20(12(2)3)10-14-7-5-13(9-17)6-8-14/h5-8,12H,4,10-11H2,1-3H3. The van der Waals surface area contributed by atoms with Gasteiger partial charge in [0.15, 0.2) is 5.82 Å². The van der Waals surface area contributed by atoms with E-state index in [-0.39, 0.29) is 0 Å². The summed E-state index contributed by atoms with van der Waals surface area (Å²) in [5, 5.41) is 12.8. The first-order valence-corrected chi connectivity index (χ1v) is 7.17. The molecule has 0 saturated heterocycles. The summed E-state index contributed by atoms with van der Waals surface area (Å²) < 4.78 is 5.15. The zero-order valence-electron chi connectivity index (χ0n) is 12.7. The molecular weight excluding hydrogens is 264 g/mol. The van der Waals surface area contributed by atoms with Crippen LogP contribution in [0.4, 0.5) is 0 Å². The molecule has 2 rings (SSSR count). The third-order valence-electron chi connectivity index (χ3n) is 3.36. The van der Waals surface area contributed by atoms with Crippen molar-refractivity contribution in [3.05, 3.63) is 47.1 Å². The zero-order valence-corrected chi connectivity index (χ0v) is 12.7. The largest absolute Gasteiger partial charge is 0.339 e. The molecule has 2 aromatic rings. The van der Waals surface area contributed by atoms with Crippen molar-refractivity contribution in [2.24, 2.45) is 0 Å². The summed E-state index contributed by atoms with van der Waals surface area (Å²) in [5.41, 5.74) is 1.85. The fraction of sp³-hybridized carbons (Fsp3) is 0.438. The fourth-order valence-corrected chi connectivity index (χ4v) is 2.02. The molecule has 0 bridgehead atoms. The lowest BCUT2D eigenvalue weighted by Crippen LogP contribution is -2.30. The summed E-state index contributed by atoms with van der Waals surface area (Å²) >= 11 is 0. The van der Waals surface area contributed by atoms with Crippen molar-refractivity contribution < 1.29 is 4.52 Å². The monoisotopic (exact) mass is 284 g/mol. The SMILES string of the molecule is CCc1nc(CN(Cc2ccc(C#N)cc2)C(C)C)no1. The van der Waals surface area contributed by atoms with Gasteiger partial charge in [-0.1, -0.05) is 24.2 Å². The molecule has 0 amide bonds. The van der Waals surface area contributed by atoms with Crippen LogP contribution in [0.1, 0.15) is 43.6 Å². The van der Waals surface area contributed by atoms with Crippen molar-refractivity contribution in [3.8, 4) is 6.07 Å². The van der Waals surface area contributed by atoms with Crippen LogP contribution in [0, 0.1) is 11.3 Å². The fourth-order valence-electron chi connectivity index (χ4n) is 2.02. The summed E-state index contributed by atoms with van der Waals surface area (Å²) in [7, 11) is 0. The number of rotatable bonds is 6. The van der Waals surface area contributed by atoms with Gasteiger partial charge in [0, 0.05) is 19.0 Å². The van der Waals surface area contributed by atoms with Crippen molar-refractivity contribution in [1.82, 2.24) is 15.0 Å². The number of nitrogens with zero attached hydrogens (tertiary/aromatic N) is 4. The predicted molar refractivity (Wildman–Crippen MR) is 79.2 cm³/mol. The highest BCUT2D eigenvalue weighted by Crippen LogP contribution is 2.13. The van der Waals surface area contributed by atoms with Gasteiger partial charge < -0.3 is 4.52 Å². The van der Waals surface area contributed by atoms with Crippen molar-refractivity contribution in [2.75, 3.05) is 0 Å². The molecule has 1 aromatic heterocycles. The minimum Gasteiger partial charge on any atom is -0.339 e. The van der Waals surface area contributed by atoms with Crippen LogP contribution < -0.4 is 0 Å². The lowest BCUT2D eigenvalue weighted by Gasteiger charge is -2.25. The molecule has 0 N–H and O–H groups in total. The molecule has 5 nitrogen and oxygen atoms in total. The molecule has 0 aliphatic carbocycles. The normalized spacial score (nSPS) is 11.0. The Balaban J connectivity index is 2.06. The van der Waals surface area contributed by atoms with E-state index < -0.39 is 0 Å². The Labute approximate surface area is 125 Å². The highest BCUT2D eigenvalue weighted by Gasteiger charge is 2.14. The van der Waals surface area contributed by atoms with E-state index in [9.17, 15) is 0 Å². The number of nitriles is 1. The van der Waals surface area contributed by atoms with Crippen molar-refractivity contribution >= 4 is 0 Å². The molecule has 0 aliphatic heterocycles. The lowest BCUT2D eigenvalue weighted by molar-refractivity contribution is 0.196. The Kier molecular flexibility index (Phi) is 5.07. The molecule has 5 heteroatoms. The van der Waals surface area contributed by atoms with Crippen LogP contribution in [0.15, 0.2) is 28.8 Å². The smallest absolute Gasteiger partial charge is 0.226 e. The molecule has 0 spiro atoms. The summed E-state index contributed by atoms with van der Waals surface area (Å²) in [4.78, 5) is 6.63. The quantitative estimate of drug-likeness (QED) is 0.816. The van der Waals surface area contributed by atoms with E-state index in [2.05, 4.69) is 35.0 Å². The van der Waals surface area contributed by atoms with E-state index in [4.69, 9.17) is 9.78 Å². The van der Waals surface area contributed by atoms with E-state index >= 15 is 0 Å². The first kappa shape index (κ1) is 15.2. The van der Waals surface area contributed by atoms with Gasteiger partial charge in [0.1, 0.15) is 0 Å². The molecule has 21 heavy (non-hydrogen) atoms. The topological polar surface area (TPSA) is 66.0 Å². The number of hydrogen-bond donors (Lipinski definition) is 0. The van der Waals surface area contributed by atoms with Crippen molar-refractivity contribution in [2.45, 2.75) is 46.3 Å². The Morgan fingerprint density at radius 3 is 2.48 bits per heavy atom. The summed E-state index contributed by atoms with van der Waals surface area (Å²) in [6.07, 6.45) is 0.754. The van der Waals surface area contributed by atoms with Crippen LogP contribution in [-0.2, 0) is 19.5 Å².